The van der Waals surface area contributed by atoms with E-state index in [0.29, 0.717) is 0 Å². The van der Waals surface area contributed by atoms with Gasteiger partial charge in [-0.3, -0.25) is 19.2 Å². The summed E-state index contributed by atoms with van der Waals surface area (Å²) in [4.78, 5) is 48.4. The van der Waals surface area contributed by atoms with E-state index in [1.807, 2.05) is 0 Å². The molecule has 178 valence electrons. The van der Waals surface area contributed by atoms with Crippen LogP contribution in [0.5, 0.6) is 0 Å². The van der Waals surface area contributed by atoms with Crippen LogP contribution < -0.4 is 0 Å². The molecule has 2 bridgehead atoms. The SMILES string of the molecule is CCCC12C=CC(C)(CC1)C1C(OC(C)=O)C(OC(C)=O)C(OC(C)=O)C(OC(C)=O)C12. The first kappa shape index (κ1) is 24.3. The van der Waals surface area contributed by atoms with Crippen molar-refractivity contribution < 1.29 is 38.1 Å². The summed E-state index contributed by atoms with van der Waals surface area (Å²) in [5.74, 6) is -2.78. The number of allylic oxidation sites excluding steroid dienone is 2. The lowest BCUT2D eigenvalue weighted by Crippen LogP contribution is -2.70. The van der Waals surface area contributed by atoms with Gasteiger partial charge in [-0.25, -0.2) is 0 Å². The van der Waals surface area contributed by atoms with E-state index in [1.54, 1.807) is 0 Å². The van der Waals surface area contributed by atoms with Gasteiger partial charge in [0.2, 0.25) is 0 Å². The van der Waals surface area contributed by atoms with Crippen molar-refractivity contribution in [2.75, 3.05) is 0 Å². The van der Waals surface area contributed by atoms with Crippen LogP contribution in [0.15, 0.2) is 12.2 Å². The Morgan fingerprint density at radius 3 is 1.53 bits per heavy atom. The van der Waals surface area contributed by atoms with Crippen molar-refractivity contribution in [3.05, 3.63) is 12.2 Å². The monoisotopic (exact) mass is 450 g/mol. The van der Waals surface area contributed by atoms with Crippen LogP contribution >= 0.6 is 0 Å². The molecule has 0 radical (unpaired) electrons. The van der Waals surface area contributed by atoms with Crippen LogP contribution in [0.2, 0.25) is 0 Å². The standard InChI is InChI=1S/C24H34O8/c1-7-8-24-11-9-23(6,10-12-24)17-18(24)20(30-14(3)26)22(32-16(5)28)21(31-15(4)27)19(17)29-13(2)25/h9,11,17-22H,7-8,10,12H2,1-6H3. The summed E-state index contributed by atoms with van der Waals surface area (Å²) in [6.07, 6.45) is 4.01. The molecule has 32 heavy (non-hydrogen) atoms. The molecule has 8 heteroatoms. The van der Waals surface area contributed by atoms with E-state index in [-0.39, 0.29) is 22.7 Å². The second kappa shape index (κ2) is 8.87. The van der Waals surface area contributed by atoms with Crippen molar-refractivity contribution in [1.29, 1.82) is 0 Å². The van der Waals surface area contributed by atoms with Gasteiger partial charge in [0.1, 0.15) is 12.2 Å². The van der Waals surface area contributed by atoms with Crippen LogP contribution in [-0.2, 0) is 38.1 Å². The van der Waals surface area contributed by atoms with Crippen molar-refractivity contribution in [1.82, 2.24) is 0 Å². The molecule has 0 amide bonds. The number of ether oxygens (including phenoxy) is 4. The van der Waals surface area contributed by atoms with Crippen LogP contribution in [0.25, 0.3) is 0 Å². The Labute approximate surface area is 189 Å². The lowest BCUT2D eigenvalue weighted by Gasteiger charge is -2.64. The molecule has 8 nitrogen and oxygen atoms in total. The zero-order valence-corrected chi connectivity index (χ0v) is 19.7. The van der Waals surface area contributed by atoms with Crippen LogP contribution in [0.1, 0.15) is 67.2 Å². The Hall–Kier alpha value is -2.38. The van der Waals surface area contributed by atoms with Crippen molar-refractivity contribution in [2.24, 2.45) is 22.7 Å². The van der Waals surface area contributed by atoms with E-state index in [0.717, 1.165) is 25.7 Å². The summed E-state index contributed by atoms with van der Waals surface area (Å²) in [6, 6.07) is 0. The Kier molecular flexibility index (Phi) is 6.72. The molecule has 0 aromatic rings. The highest BCUT2D eigenvalue weighted by Crippen LogP contribution is 2.65. The average Bonchev–Trinajstić information content (AvgIpc) is 2.66. The van der Waals surface area contributed by atoms with Crippen LogP contribution in [0.4, 0.5) is 0 Å². The zero-order chi connectivity index (χ0) is 23.8. The molecule has 0 spiro atoms. The van der Waals surface area contributed by atoms with Crippen LogP contribution in [-0.4, -0.2) is 48.3 Å². The molecule has 0 saturated heterocycles. The minimum absolute atomic E-state index is 0.268. The molecular weight excluding hydrogens is 416 g/mol. The fourth-order valence-electron chi connectivity index (χ4n) is 6.40. The molecule has 4 rings (SSSR count). The molecule has 0 N–H and O–H groups in total. The molecule has 8 unspecified atom stereocenters. The normalized spacial score (nSPS) is 39.6. The molecular formula is C24H34O8. The largest absolute Gasteiger partial charge is 0.458 e. The molecule has 2 fully saturated rings. The van der Waals surface area contributed by atoms with E-state index < -0.39 is 48.3 Å². The Morgan fingerprint density at radius 2 is 1.16 bits per heavy atom. The van der Waals surface area contributed by atoms with Gasteiger partial charge >= 0.3 is 23.9 Å². The molecule has 0 aliphatic heterocycles. The summed E-state index contributed by atoms with van der Waals surface area (Å²) in [6.45, 7) is 9.30. The van der Waals surface area contributed by atoms with Gasteiger partial charge in [0.15, 0.2) is 12.2 Å². The fraction of sp³-hybridized carbons (Fsp3) is 0.750. The molecule has 2 saturated carbocycles. The number of carbonyl (C=O) groups is 4. The average molecular weight is 451 g/mol. The van der Waals surface area contributed by atoms with Gasteiger partial charge in [0.25, 0.3) is 0 Å². The third kappa shape index (κ3) is 4.28. The van der Waals surface area contributed by atoms with Crippen LogP contribution in [0, 0.1) is 22.7 Å². The van der Waals surface area contributed by atoms with Crippen molar-refractivity contribution in [3.63, 3.8) is 0 Å². The van der Waals surface area contributed by atoms with Gasteiger partial charge in [-0.1, -0.05) is 32.4 Å². The molecule has 0 aromatic heterocycles. The Morgan fingerprint density at radius 1 is 0.719 bits per heavy atom. The molecule has 4 aliphatic rings. The number of hydrogen-bond acceptors (Lipinski definition) is 8. The second-order valence-electron chi connectivity index (χ2n) is 9.67. The third-order valence-electron chi connectivity index (χ3n) is 7.34. The summed E-state index contributed by atoms with van der Waals surface area (Å²) < 4.78 is 22.9. The minimum atomic E-state index is -1.09. The maximum absolute atomic E-state index is 12.2. The summed E-state index contributed by atoms with van der Waals surface area (Å²) in [5, 5.41) is 0. The number of rotatable bonds is 6. The topological polar surface area (TPSA) is 105 Å². The quantitative estimate of drug-likeness (QED) is 0.345. The first-order valence-electron chi connectivity index (χ1n) is 11.3. The van der Waals surface area contributed by atoms with E-state index in [4.69, 9.17) is 18.9 Å². The van der Waals surface area contributed by atoms with Gasteiger partial charge < -0.3 is 18.9 Å². The first-order valence-corrected chi connectivity index (χ1v) is 11.3. The predicted molar refractivity (Wildman–Crippen MR) is 113 cm³/mol. The maximum Gasteiger partial charge on any atom is 0.303 e. The highest BCUT2D eigenvalue weighted by atomic mass is 16.6. The van der Waals surface area contributed by atoms with Gasteiger partial charge in [-0.05, 0) is 30.1 Å². The maximum atomic E-state index is 12.2. The first-order chi connectivity index (χ1) is 14.9. The fourth-order valence-corrected chi connectivity index (χ4v) is 6.40. The van der Waals surface area contributed by atoms with Gasteiger partial charge in [-0.15, -0.1) is 0 Å². The lowest BCUT2D eigenvalue weighted by atomic mass is 9.43. The third-order valence-corrected chi connectivity index (χ3v) is 7.34. The number of hydrogen-bond donors (Lipinski definition) is 0. The highest BCUT2D eigenvalue weighted by molar-refractivity contribution is 5.69. The smallest absolute Gasteiger partial charge is 0.303 e. The Bertz CT molecular complexity index is 819. The summed E-state index contributed by atoms with van der Waals surface area (Å²) in [5.41, 5.74) is -0.673. The lowest BCUT2D eigenvalue weighted by molar-refractivity contribution is -0.261. The second-order valence-corrected chi connectivity index (χ2v) is 9.67. The van der Waals surface area contributed by atoms with E-state index in [9.17, 15) is 19.2 Å². The molecule has 4 aliphatic carbocycles. The van der Waals surface area contributed by atoms with Gasteiger partial charge in [-0.2, -0.15) is 0 Å². The molecule has 8 atom stereocenters. The highest BCUT2D eigenvalue weighted by Gasteiger charge is 2.68. The Balaban J connectivity index is 2.23. The van der Waals surface area contributed by atoms with Crippen molar-refractivity contribution in [3.8, 4) is 0 Å². The zero-order valence-electron chi connectivity index (χ0n) is 19.7. The van der Waals surface area contributed by atoms with E-state index in [2.05, 4.69) is 26.0 Å². The summed E-state index contributed by atoms with van der Waals surface area (Å²) in [7, 11) is 0. The number of fused-ring (bicyclic) bond motifs is 1. The predicted octanol–water partition coefficient (Wildman–Crippen LogP) is 3.12. The number of carbonyl (C=O) groups excluding carboxylic acids is 4. The van der Waals surface area contributed by atoms with Gasteiger partial charge in [0.05, 0.1) is 0 Å². The minimum Gasteiger partial charge on any atom is -0.458 e. The van der Waals surface area contributed by atoms with E-state index >= 15 is 0 Å². The van der Waals surface area contributed by atoms with Gasteiger partial charge in [0, 0.05) is 39.5 Å². The molecule has 0 aromatic carbocycles. The summed E-state index contributed by atoms with van der Waals surface area (Å²) >= 11 is 0. The molecule has 0 heterocycles. The van der Waals surface area contributed by atoms with Crippen LogP contribution in [0.3, 0.4) is 0 Å². The van der Waals surface area contributed by atoms with Crippen molar-refractivity contribution >= 4 is 23.9 Å². The number of esters is 4. The van der Waals surface area contributed by atoms with E-state index in [1.165, 1.54) is 27.7 Å². The van der Waals surface area contributed by atoms with Crippen molar-refractivity contribution in [2.45, 2.75) is 91.6 Å².